The molecule has 1 fully saturated rings. The molecule has 0 bridgehead atoms. The van der Waals surface area contributed by atoms with E-state index in [1.165, 1.54) is 12.8 Å². The van der Waals surface area contributed by atoms with Gasteiger partial charge in [-0.05, 0) is 37.5 Å². The van der Waals surface area contributed by atoms with Gasteiger partial charge in [-0.3, -0.25) is 0 Å². The van der Waals surface area contributed by atoms with Crippen LogP contribution in [0.4, 0.5) is 0 Å². The lowest BCUT2D eigenvalue weighted by molar-refractivity contribution is 0.267. The van der Waals surface area contributed by atoms with Crippen LogP contribution in [0.25, 0.3) is 0 Å². The van der Waals surface area contributed by atoms with Crippen molar-refractivity contribution in [3.05, 3.63) is 0 Å². The van der Waals surface area contributed by atoms with E-state index in [1.54, 1.807) is 0 Å². The summed E-state index contributed by atoms with van der Waals surface area (Å²) in [5.74, 6) is 1.62. The van der Waals surface area contributed by atoms with Gasteiger partial charge in [0.25, 0.3) is 0 Å². The number of hydrogen-bond donors (Lipinski definition) is 0. The van der Waals surface area contributed by atoms with E-state index >= 15 is 0 Å². The predicted octanol–water partition coefficient (Wildman–Crippen LogP) is 3.49. The van der Waals surface area contributed by atoms with Gasteiger partial charge in [0.1, 0.15) is 4.32 Å². The van der Waals surface area contributed by atoms with E-state index in [-0.39, 0.29) is 4.32 Å². The number of nitrogens with zero attached hydrogens (tertiary/aromatic N) is 1. The Labute approximate surface area is 83.3 Å². The Morgan fingerprint density at radius 3 is 2.25 bits per heavy atom. The summed E-state index contributed by atoms with van der Waals surface area (Å²) in [6.45, 7) is 4.55. The maximum absolute atomic E-state index is 8.88. The minimum Gasteiger partial charge on any atom is -0.197 e. The molecule has 0 aliphatic heterocycles. The van der Waals surface area contributed by atoms with Crippen molar-refractivity contribution in [3.8, 4) is 6.07 Å². The third kappa shape index (κ3) is 2.23. The number of rotatable bonds is 1. The molecule has 2 heteroatoms. The topological polar surface area (TPSA) is 23.8 Å². The largest absolute Gasteiger partial charge is 0.197 e. The zero-order valence-electron chi connectivity index (χ0n) is 7.81. The molecular formula is C10H16BrN. The molecule has 1 aliphatic rings. The first-order chi connectivity index (χ1) is 5.57. The van der Waals surface area contributed by atoms with Crippen molar-refractivity contribution >= 4 is 15.9 Å². The Kier molecular flexibility index (Phi) is 3.17. The zero-order valence-corrected chi connectivity index (χ0v) is 9.39. The Bertz CT molecular complexity index is 185. The summed E-state index contributed by atoms with van der Waals surface area (Å²) in [4.78, 5) is 0. The second-order valence-corrected chi connectivity index (χ2v) is 5.68. The van der Waals surface area contributed by atoms with Crippen LogP contribution in [0, 0.1) is 23.2 Å². The molecule has 0 amide bonds. The first-order valence-corrected chi connectivity index (χ1v) is 5.47. The van der Waals surface area contributed by atoms with E-state index in [1.807, 2.05) is 0 Å². The van der Waals surface area contributed by atoms with Crippen LogP contribution in [0.15, 0.2) is 0 Å². The number of hydrogen-bond acceptors (Lipinski definition) is 1. The molecule has 0 aromatic carbocycles. The molecule has 0 aromatic heterocycles. The van der Waals surface area contributed by atoms with E-state index in [2.05, 4.69) is 35.8 Å². The lowest BCUT2D eigenvalue weighted by Crippen LogP contribution is -2.28. The first kappa shape index (κ1) is 10.1. The van der Waals surface area contributed by atoms with Gasteiger partial charge in [0.15, 0.2) is 0 Å². The quantitative estimate of drug-likeness (QED) is 0.632. The fourth-order valence-corrected chi connectivity index (χ4v) is 2.33. The molecule has 0 unspecified atom stereocenters. The molecule has 1 nitrogen and oxygen atoms in total. The highest BCUT2D eigenvalue weighted by Crippen LogP contribution is 2.40. The van der Waals surface area contributed by atoms with Crippen molar-refractivity contribution in [1.82, 2.24) is 0 Å². The molecular weight excluding hydrogens is 214 g/mol. The molecule has 1 rings (SSSR count). The van der Waals surface area contributed by atoms with Gasteiger partial charge >= 0.3 is 0 Å². The summed E-state index contributed by atoms with van der Waals surface area (Å²) in [5.41, 5.74) is 0. The van der Waals surface area contributed by atoms with Crippen molar-refractivity contribution in [3.63, 3.8) is 0 Å². The molecule has 0 heterocycles. The van der Waals surface area contributed by atoms with Crippen LogP contribution in [0.1, 0.15) is 39.5 Å². The van der Waals surface area contributed by atoms with Crippen LogP contribution >= 0.6 is 15.9 Å². The average molecular weight is 230 g/mol. The molecule has 12 heavy (non-hydrogen) atoms. The Morgan fingerprint density at radius 2 is 1.92 bits per heavy atom. The lowest BCUT2D eigenvalue weighted by atomic mass is 9.77. The van der Waals surface area contributed by atoms with Crippen LogP contribution in [-0.2, 0) is 0 Å². The Hall–Kier alpha value is -0.0300. The predicted molar refractivity (Wildman–Crippen MR) is 54.1 cm³/mol. The molecule has 0 aromatic rings. The summed E-state index contributed by atoms with van der Waals surface area (Å²) in [7, 11) is 0. The standard InChI is InChI=1S/C10H16BrN/c1-8(2)9-3-5-10(11,7-12)6-4-9/h8-9H,3-6H2,1-2H3. The SMILES string of the molecule is CC(C)C1CCC(Br)(C#N)CC1. The van der Waals surface area contributed by atoms with Crippen molar-refractivity contribution in [2.24, 2.45) is 11.8 Å². The maximum atomic E-state index is 8.88. The van der Waals surface area contributed by atoms with Gasteiger partial charge in [0, 0.05) is 0 Å². The van der Waals surface area contributed by atoms with Crippen LogP contribution in [0.5, 0.6) is 0 Å². The van der Waals surface area contributed by atoms with E-state index in [4.69, 9.17) is 5.26 Å². The number of alkyl halides is 1. The number of halogens is 1. The average Bonchev–Trinajstić information content (AvgIpc) is 2.05. The molecule has 0 N–H and O–H groups in total. The van der Waals surface area contributed by atoms with Crippen molar-refractivity contribution in [2.75, 3.05) is 0 Å². The van der Waals surface area contributed by atoms with E-state index < -0.39 is 0 Å². The van der Waals surface area contributed by atoms with Gasteiger partial charge < -0.3 is 0 Å². The van der Waals surface area contributed by atoms with Gasteiger partial charge in [-0.15, -0.1) is 0 Å². The fraction of sp³-hybridized carbons (Fsp3) is 0.900. The summed E-state index contributed by atoms with van der Waals surface area (Å²) in [5, 5.41) is 8.88. The molecule has 0 radical (unpaired) electrons. The second kappa shape index (κ2) is 3.79. The first-order valence-electron chi connectivity index (χ1n) is 4.67. The van der Waals surface area contributed by atoms with E-state index in [0.717, 1.165) is 24.7 Å². The minimum atomic E-state index is -0.196. The third-order valence-electron chi connectivity index (χ3n) is 2.97. The molecule has 0 spiro atoms. The Morgan fingerprint density at radius 1 is 1.42 bits per heavy atom. The van der Waals surface area contributed by atoms with E-state index in [9.17, 15) is 0 Å². The highest BCUT2D eigenvalue weighted by atomic mass is 79.9. The summed E-state index contributed by atoms with van der Waals surface area (Å²) >= 11 is 3.51. The van der Waals surface area contributed by atoms with Gasteiger partial charge in [0.2, 0.25) is 0 Å². The third-order valence-corrected chi connectivity index (χ3v) is 3.94. The van der Waals surface area contributed by atoms with Crippen LogP contribution in [0.2, 0.25) is 0 Å². The van der Waals surface area contributed by atoms with Crippen molar-refractivity contribution < 1.29 is 0 Å². The van der Waals surface area contributed by atoms with Crippen molar-refractivity contribution in [2.45, 2.75) is 43.9 Å². The van der Waals surface area contributed by atoms with Crippen molar-refractivity contribution in [1.29, 1.82) is 5.26 Å². The molecule has 0 saturated heterocycles. The summed E-state index contributed by atoms with van der Waals surface area (Å²) < 4.78 is -0.196. The fourth-order valence-electron chi connectivity index (χ4n) is 1.88. The summed E-state index contributed by atoms with van der Waals surface area (Å²) in [6.07, 6.45) is 4.45. The minimum absolute atomic E-state index is 0.196. The molecule has 68 valence electrons. The lowest BCUT2D eigenvalue weighted by Gasteiger charge is -2.32. The van der Waals surface area contributed by atoms with Crippen LogP contribution in [0.3, 0.4) is 0 Å². The van der Waals surface area contributed by atoms with Gasteiger partial charge in [-0.2, -0.15) is 5.26 Å². The second-order valence-electron chi connectivity index (χ2n) is 4.16. The zero-order chi connectivity index (χ0) is 9.19. The Balaban J connectivity index is 2.46. The molecule has 1 aliphatic carbocycles. The van der Waals surface area contributed by atoms with Gasteiger partial charge in [-0.1, -0.05) is 29.8 Å². The van der Waals surface area contributed by atoms with Crippen LogP contribution < -0.4 is 0 Å². The normalized spacial score (nSPS) is 36.4. The van der Waals surface area contributed by atoms with Gasteiger partial charge in [-0.25, -0.2) is 0 Å². The number of nitriles is 1. The van der Waals surface area contributed by atoms with Crippen LogP contribution in [-0.4, -0.2) is 4.32 Å². The molecule has 1 saturated carbocycles. The van der Waals surface area contributed by atoms with Gasteiger partial charge in [0.05, 0.1) is 6.07 Å². The monoisotopic (exact) mass is 229 g/mol. The van der Waals surface area contributed by atoms with E-state index in [0.29, 0.717) is 0 Å². The smallest absolute Gasteiger partial charge is 0.112 e. The summed E-state index contributed by atoms with van der Waals surface area (Å²) in [6, 6.07) is 2.36. The maximum Gasteiger partial charge on any atom is 0.112 e. The highest BCUT2D eigenvalue weighted by Gasteiger charge is 2.33. The highest BCUT2D eigenvalue weighted by molar-refractivity contribution is 9.10. The molecule has 0 atom stereocenters.